The summed E-state index contributed by atoms with van der Waals surface area (Å²) < 4.78 is 13.2. The first-order chi connectivity index (χ1) is 8.63. The molecule has 3 nitrogen and oxygen atoms in total. The number of hydrogen-bond acceptors (Lipinski definition) is 3. The molecular weight excluding hydrogens is 229 g/mol. The van der Waals surface area contributed by atoms with E-state index in [9.17, 15) is 4.39 Å². The standard InChI is InChI=1S/C14H18FN3/c1-10-4-12(6-16)9-18(10)8-11-2-3-14(15)13(5-11)7-17/h2-3,5,10,12H,4,6,8-9,16H2,1H3. The molecule has 0 amide bonds. The molecule has 0 bridgehead atoms. The number of nitrogens with two attached hydrogens (primary N) is 1. The molecule has 18 heavy (non-hydrogen) atoms. The van der Waals surface area contributed by atoms with Crippen molar-refractivity contribution in [1.29, 1.82) is 5.26 Å². The fraction of sp³-hybridized carbons (Fsp3) is 0.500. The fourth-order valence-electron chi connectivity index (χ4n) is 2.60. The fourth-order valence-corrected chi connectivity index (χ4v) is 2.60. The molecular formula is C14H18FN3. The van der Waals surface area contributed by atoms with Crippen molar-refractivity contribution in [3.05, 3.63) is 35.1 Å². The van der Waals surface area contributed by atoms with Crippen LogP contribution in [0.15, 0.2) is 18.2 Å². The Hall–Kier alpha value is -1.44. The van der Waals surface area contributed by atoms with Gasteiger partial charge in [-0.05, 0) is 43.5 Å². The van der Waals surface area contributed by atoms with Gasteiger partial charge in [0.25, 0.3) is 0 Å². The average Bonchev–Trinajstić information content (AvgIpc) is 2.72. The highest BCUT2D eigenvalue weighted by molar-refractivity contribution is 5.34. The lowest BCUT2D eigenvalue weighted by atomic mass is 10.1. The monoisotopic (exact) mass is 247 g/mol. The van der Waals surface area contributed by atoms with E-state index in [1.165, 1.54) is 6.07 Å². The summed E-state index contributed by atoms with van der Waals surface area (Å²) in [7, 11) is 0. The van der Waals surface area contributed by atoms with E-state index >= 15 is 0 Å². The van der Waals surface area contributed by atoms with E-state index in [4.69, 9.17) is 11.0 Å². The molecule has 96 valence electrons. The van der Waals surface area contributed by atoms with Crippen LogP contribution in [0.1, 0.15) is 24.5 Å². The number of hydrogen-bond donors (Lipinski definition) is 1. The van der Waals surface area contributed by atoms with Crippen LogP contribution in [0.5, 0.6) is 0 Å². The van der Waals surface area contributed by atoms with Crippen LogP contribution in [0.3, 0.4) is 0 Å². The van der Waals surface area contributed by atoms with E-state index in [1.807, 2.05) is 6.07 Å². The third-order valence-electron chi connectivity index (χ3n) is 3.66. The highest BCUT2D eigenvalue weighted by Gasteiger charge is 2.27. The molecule has 0 spiro atoms. The maximum atomic E-state index is 13.2. The maximum Gasteiger partial charge on any atom is 0.140 e. The van der Waals surface area contributed by atoms with Gasteiger partial charge >= 0.3 is 0 Å². The van der Waals surface area contributed by atoms with Gasteiger partial charge in [-0.3, -0.25) is 4.90 Å². The largest absolute Gasteiger partial charge is 0.330 e. The van der Waals surface area contributed by atoms with Crippen molar-refractivity contribution >= 4 is 0 Å². The van der Waals surface area contributed by atoms with Crippen molar-refractivity contribution < 1.29 is 4.39 Å². The maximum absolute atomic E-state index is 13.2. The molecule has 1 aromatic rings. The minimum atomic E-state index is -0.449. The number of nitrogens with zero attached hydrogens (tertiary/aromatic N) is 2. The van der Waals surface area contributed by atoms with Crippen LogP contribution in [0.25, 0.3) is 0 Å². The summed E-state index contributed by atoms with van der Waals surface area (Å²) in [5, 5.41) is 8.82. The van der Waals surface area contributed by atoms with Gasteiger partial charge in [-0.15, -0.1) is 0 Å². The first-order valence-corrected chi connectivity index (χ1v) is 6.26. The van der Waals surface area contributed by atoms with E-state index in [1.54, 1.807) is 12.1 Å². The lowest BCUT2D eigenvalue weighted by Gasteiger charge is -2.21. The van der Waals surface area contributed by atoms with Gasteiger partial charge in [0.15, 0.2) is 0 Å². The van der Waals surface area contributed by atoms with Gasteiger partial charge in [-0.25, -0.2) is 4.39 Å². The van der Waals surface area contributed by atoms with Gasteiger partial charge in [-0.1, -0.05) is 6.07 Å². The molecule has 4 heteroatoms. The normalized spacial score (nSPS) is 24.1. The molecule has 1 aliphatic heterocycles. The predicted octanol–water partition coefficient (Wildman–Crippen LogP) is 1.87. The van der Waals surface area contributed by atoms with Crippen molar-refractivity contribution in [3.8, 4) is 6.07 Å². The molecule has 1 fully saturated rings. The van der Waals surface area contributed by atoms with E-state index in [2.05, 4.69) is 11.8 Å². The van der Waals surface area contributed by atoms with Gasteiger partial charge in [0.1, 0.15) is 11.9 Å². The van der Waals surface area contributed by atoms with Crippen LogP contribution in [0.2, 0.25) is 0 Å². The summed E-state index contributed by atoms with van der Waals surface area (Å²) >= 11 is 0. The number of likely N-dealkylation sites (tertiary alicyclic amines) is 1. The minimum absolute atomic E-state index is 0.120. The Morgan fingerprint density at radius 2 is 2.33 bits per heavy atom. The zero-order valence-electron chi connectivity index (χ0n) is 10.6. The number of benzene rings is 1. The summed E-state index contributed by atoms with van der Waals surface area (Å²) in [6.45, 7) is 4.64. The van der Waals surface area contributed by atoms with Crippen molar-refractivity contribution in [1.82, 2.24) is 4.90 Å². The van der Waals surface area contributed by atoms with Gasteiger partial charge < -0.3 is 5.73 Å². The first kappa shape index (κ1) is 13.0. The third-order valence-corrected chi connectivity index (χ3v) is 3.66. The summed E-state index contributed by atoms with van der Waals surface area (Å²) in [4.78, 5) is 2.34. The van der Waals surface area contributed by atoms with Gasteiger partial charge in [0, 0.05) is 19.1 Å². The summed E-state index contributed by atoms with van der Waals surface area (Å²) in [6.07, 6.45) is 1.11. The third kappa shape index (κ3) is 2.69. The minimum Gasteiger partial charge on any atom is -0.330 e. The van der Waals surface area contributed by atoms with Crippen molar-refractivity contribution in [2.45, 2.75) is 25.9 Å². The Balaban J connectivity index is 2.08. The summed E-state index contributed by atoms with van der Waals surface area (Å²) in [5.74, 6) is 0.103. The second-order valence-electron chi connectivity index (χ2n) is 5.04. The molecule has 1 aliphatic rings. The Bertz CT molecular complexity index is 467. The van der Waals surface area contributed by atoms with Crippen LogP contribution in [-0.2, 0) is 6.54 Å². The number of halogens is 1. The van der Waals surface area contributed by atoms with Gasteiger partial charge in [0.2, 0.25) is 0 Å². The second kappa shape index (κ2) is 5.47. The SMILES string of the molecule is CC1CC(CN)CN1Cc1ccc(F)c(C#N)c1. The molecule has 0 saturated carbocycles. The number of nitriles is 1. The van der Waals surface area contributed by atoms with Crippen LogP contribution >= 0.6 is 0 Å². The summed E-state index contributed by atoms with van der Waals surface area (Å²) in [5.41, 5.74) is 6.80. The zero-order valence-corrected chi connectivity index (χ0v) is 10.6. The Morgan fingerprint density at radius 1 is 1.56 bits per heavy atom. The van der Waals surface area contributed by atoms with Gasteiger partial charge in [0.05, 0.1) is 5.56 Å². The van der Waals surface area contributed by atoms with Crippen LogP contribution in [0.4, 0.5) is 4.39 Å². The molecule has 0 aliphatic carbocycles. The first-order valence-electron chi connectivity index (χ1n) is 6.26. The lowest BCUT2D eigenvalue weighted by Crippen LogP contribution is -2.27. The average molecular weight is 247 g/mol. The zero-order chi connectivity index (χ0) is 13.1. The van der Waals surface area contributed by atoms with Crippen molar-refractivity contribution in [2.24, 2.45) is 11.7 Å². The predicted molar refractivity (Wildman–Crippen MR) is 68.1 cm³/mol. The summed E-state index contributed by atoms with van der Waals surface area (Å²) in [6, 6.07) is 7.13. The van der Waals surface area contributed by atoms with E-state index in [-0.39, 0.29) is 5.56 Å². The highest BCUT2D eigenvalue weighted by atomic mass is 19.1. The topological polar surface area (TPSA) is 53.0 Å². The van der Waals surface area contributed by atoms with Crippen molar-refractivity contribution in [2.75, 3.05) is 13.1 Å². The van der Waals surface area contributed by atoms with Crippen molar-refractivity contribution in [3.63, 3.8) is 0 Å². The van der Waals surface area contributed by atoms with E-state index in [0.29, 0.717) is 18.5 Å². The van der Waals surface area contributed by atoms with Crippen LogP contribution < -0.4 is 5.73 Å². The van der Waals surface area contributed by atoms with Crippen LogP contribution in [-0.4, -0.2) is 24.0 Å². The molecule has 1 aromatic carbocycles. The van der Waals surface area contributed by atoms with Crippen LogP contribution in [0, 0.1) is 23.1 Å². The molecule has 2 atom stereocenters. The van der Waals surface area contributed by atoms with Gasteiger partial charge in [-0.2, -0.15) is 5.26 Å². The quantitative estimate of drug-likeness (QED) is 0.887. The molecule has 2 rings (SSSR count). The van der Waals surface area contributed by atoms with E-state index in [0.717, 1.165) is 25.1 Å². The molecule has 2 N–H and O–H groups in total. The molecule has 0 aromatic heterocycles. The smallest absolute Gasteiger partial charge is 0.140 e. The molecule has 2 unspecified atom stereocenters. The lowest BCUT2D eigenvalue weighted by molar-refractivity contribution is 0.256. The Morgan fingerprint density at radius 3 is 2.94 bits per heavy atom. The molecule has 1 heterocycles. The second-order valence-corrected chi connectivity index (χ2v) is 5.04. The molecule has 1 saturated heterocycles. The number of rotatable bonds is 3. The van der Waals surface area contributed by atoms with E-state index < -0.39 is 5.82 Å². The Labute approximate surface area is 107 Å². The highest BCUT2D eigenvalue weighted by Crippen LogP contribution is 2.24. The molecule has 0 radical (unpaired) electrons. The Kier molecular flexibility index (Phi) is 3.95.